The van der Waals surface area contributed by atoms with E-state index in [9.17, 15) is 0 Å². The molecular weight excluding hydrogens is 398 g/mol. The first-order valence-electron chi connectivity index (χ1n) is 1.10. The van der Waals surface area contributed by atoms with Gasteiger partial charge in [-0.25, -0.2) is 0 Å². The average Bonchev–Trinajstić information content (AvgIpc) is 1.25. The maximum absolute atomic E-state index is 8.25. The van der Waals surface area contributed by atoms with Crippen LogP contribution in [-0.4, -0.2) is 10.2 Å². The van der Waals surface area contributed by atoms with Crippen molar-refractivity contribution in [1.29, 1.82) is 0 Å². The van der Waals surface area contributed by atoms with E-state index < -0.39 is 10.2 Å². The first-order chi connectivity index (χ1) is 3.46. The maximum Gasteiger partial charge on any atom is 1.00 e. The zero-order valence-electron chi connectivity index (χ0n) is 5.32. The van der Waals surface area contributed by atoms with Crippen molar-refractivity contribution in [2.75, 3.05) is 0 Å². The van der Waals surface area contributed by atoms with Crippen molar-refractivity contribution in [3.8, 4) is 0 Å². The molecule has 0 saturated heterocycles. The maximum atomic E-state index is 8.25. The molecule has 0 saturated carbocycles. The molecule has 0 radical (unpaired) electrons. The van der Waals surface area contributed by atoms with Gasteiger partial charge < -0.3 is 43.1 Å². The first kappa shape index (κ1) is 37.9. The van der Waals surface area contributed by atoms with Gasteiger partial charge in [-0.3, -0.25) is 0 Å². The third-order valence-electron chi connectivity index (χ3n) is 0. The summed E-state index contributed by atoms with van der Waals surface area (Å²) in [5.74, 6) is 0. The molecule has 0 atom stereocenters. The van der Waals surface area contributed by atoms with E-state index in [1.807, 2.05) is 0 Å². The molecule has 0 fully saturated rings. The Hall–Kier alpha value is 1.17. The minimum Gasteiger partial charge on any atom is -1.00 e. The van der Waals surface area contributed by atoms with Gasteiger partial charge in [-0.1, -0.05) is 0 Å². The van der Waals surface area contributed by atoms with Gasteiger partial charge in [-0.2, -0.15) is 0 Å². The van der Waals surface area contributed by atoms with E-state index >= 15 is 0 Å². The second-order valence-corrected chi connectivity index (χ2v) is 0.447. The van der Waals surface area contributed by atoms with Crippen LogP contribution in [0.25, 0.3) is 0 Å². The predicted octanol–water partition coefficient (Wildman–Crippen LogP) is -6.48. The summed E-state index contributed by atoms with van der Waals surface area (Å²) in [4.78, 5) is 16.5. The molecule has 0 aromatic rings. The molecule has 0 aliphatic rings. The topological polar surface area (TPSA) is 132 Å². The third-order valence-corrected chi connectivity index (χ3v) is 0. The predicted molar refractivity (Wildman–Crippen MR) is 20.7 cm³/mol. The Kier molecular flexibility index (Phi) is 93.4. The number of hydrogen-bond acceptors (Lipinski definition) is 6. The first-order valence-corrected chi connectivity index (χ1v) is 1.10. The summed E-state index contributed by atoms with van der Waals surface area (Å²) < 4.78 is 0. The molecule has 0 aliphatic heterocycles. The van der Waals surface area contributed by atoms with Crippen LogP contribution in [0.2, 0.25) is 0 Å². The molecule has 0 rings (SSSR count). The molecule has 0 aliphatic carbocycles. The summed E-state index contributed by atoms with van der Waals surface area (Å²) >= 11 is 0. The van der Waals surface area contributed by atoms with Crippen LogP contribution in [0.3, 0.4) is 0 Å². The van der Waals surface area contributed by atoms with Gasteiger partial charge in [0, 0.05) is 0 Å². The van der Waals surface area contributed by atoms with E-state index in [1.165, 1.54) is 0 Å². The molecule has 0 aromatic carbocycles. The second-order valence-electron chi connectivity index (χ2n) is 0.447. The minimum absolute atomic E-state index is 0. The summed E-state index contributed by atoms with van der Waals surface area (Å²) in [6.45, 7) is 0. The zero-order chi connectivity index (χ0) is 7.15. The van der Waals surface area contributed by atoms with Crippen molar-refractivity contribution >= 4 is 0 Å². The van der Waals surface area contributed by atoms with Gasteiger partial charge in [0.2, 0.25) is 0 Å². The summed E-state index contributed by atoms with van der Waals surface area (Å²) in [5.41, 5.74) is 0. The van der Waals surface area contributed by atoms with Crippen LogP contribution < -0.4 is 42.0 Å². The van der Waals surface area contributed by atoms with Crippen molar-refractivity contribution < 1.29 is 96.9 Å². The largest absolute Gasteiger partial charge is 1.00 e. The summed E-state index contributed by atoms with van der Waals surface area (Å²) in [6.07, 6.45) is 0. The number of hydrogen-bond donors (Lipinski definition) is 0. The number of nitrogens with zero attached hydrogens (tertiary/aromatic N) is 2. The van der Waals surface area contributed by atoms with Crippen LogP contribution in [0.1, 0.15) is 0 Å². The molecular formula is Ag2ClN2NaO6. The molecule has 12 heteroatoms. The van der Waals surface area contributed by atoms with Gasteiger partial charge in [0.05, 0.1) is 10.2 Å². The van der Waals surface area contributed by atoms with E-state index in [4.69, 9.17) is 30.6 Å². The SMILES string of the molecule is O=[N+]([O-])[O-].O=[N+]([O-])[O-].[Ag+].[Ag+].[Cl-].[Na+]. The fourth-order valence-electron chi connectivity index (χ4n) is 0. The van der Waals surface area contributed by atoms with Crippen LogP contribution in [0.4, 0.5) is 0 Å². The van der Waals surface area contributed by atoms with Gasteiger partial charge in [0.15, 0.2) is 0 Å². The van der Waals surface area contributed by atoms with E-state index in [-0.39, 0.29) is 86.7 Å². The smallest absolute Gasteiger partial charge is 1.00 e. The summed E-state index contributed by atoms with van der Waals surface area (Å²) in [5, 5.41) is 29.5. The Balaban J connectivity index is -0.0000000112. The van der Waals surface area contributed by atoms with Crippen molar-refractivity contribution in [2.24, 2.45) is 0 Å². The fourth-order valence-corrected chi connectivity index (χ4v) is 0. The van der Waals surface area contributed by atoms with Crippen LogP contribution in [0.5, 0.6) is 0 Å². The molecule has 0 unspecified atom stereocenters. The van der Waals surface area contributed by atoms with Gasteiger partial charge in [-0.15, -0.1) is 0 Å². The van der Waals surface area contributed by atoms with Gasteiger partial charge in [-0.05, 0) is 0 Å². The van der Waals surface area contributed by atoms with E-state index in [2.05, 4.69) is 0 Å². The molecule has 0 heterocycles. The Bertz CT molecular complexity index is 81.5. The van der Waals surface area contributed by atoms with Crippen LogP contribution in [0, 0.1) is 30.6 Å². The van der Waals surface area contributed by atoms with Crippen LogP contribution in [0.15, 0.2) is 0 Å². The van der Waals surface area contributed by atoms with Crippen LogP contribution >= 0.6 is 0 Å². The van der Waals surface area contributed by atoms with Crippen LogP contribution in [-0.2, 0) is 44.8 Å². The van der Waals surface area contributed by atoms with E-state index in [1.54, 1.807) is 0 Å². The second kappa shape index (κ2) is 29.5. The van der Waals surface area contributed by atoms with Gasteiger partial charge in [0.1, 0.15) is 0 Å². The van der Waals surface area contributed by atoms with E-state index in [0.29, 0.717) is 0 Å². The fraction of sp³-hybridized carbons (Fsp3) is 0. The molecule has 0 amide bonds. The molecule has 12 heavy (non-hydrogen) atoms. The quantitative estimate of drug-likeness (QED) is 0.227. The molecule has 0 bridgehead atoms. The summed E-state index contributed by atoms with van der Waals surface area (Å²) in [7, 11) is 0. The van der Waals surface area contributed by atoms with Crippen molar-refractivity contribution in [2.45, 2.75) is 0 Å². The third kappa shape index (κ3) is 843. The monoisotopic (exact) mass is 396 g/mol. The normalized spacial score (nSPS) is 4.00. The standard InChI is InChI=1S/2Ag.ClH.2NO3.Na/c;;;2*2-1(3)4;/h;;1H;;;/q2*+1;;2*-1;+1/p-1. The molecule has 0 spiro atoms. The van der Waals surface area contributed by atoms with Crippen molar-refractivity contribution in [1.82, 2.24) is 0 Å². The zero-order valence-corrected chi connectivity index (χ0v) is 11.0. The van der Waals surface area contributed by atoms with Gasteiger partial charge in [0.25, 0.3) is 0 Å². The van der Waals surface area contributed by atoms with Crippen molar-refractivity contribution in [3.63, 3.8) is 0 Å². The Morgan fingerprint density at radius 1 is 0.750 bits per heavy atom. The molecule has 0 aromatic heterocycles. The molecule has 0 N–H and O–H groups in total. The number of halogens is 1. The minimum atomic E-state index is -1.75. The molecule has 76 valence electrons. The molecule has 8 nitrogen and oxygen atoms in total. The Morgan fingerprint density at radius 2 is 0.750 bits per heavy atom. The van der Waals surface area contributed by atoms with Gasteiger partial charge >= 0.3 is 74.3 Å². The van der Waals surface area contributed by atoms with Crippen molar-refractivity contribution in [3.05, 3.63) is 30.6 Å². The average molecular weight is 398 g/mol. The summed E-state index contributed by atoms with van der Waals surface area (Å²) in [6, 6.07) is 0. The number of rotatable bonds is 0. The van der Waals surface area contributed by atoms with E-state index in [0.717, 1.165) is 0 Å². The Labute approximate surface area is 126 Å². The Morgan fingerprint density at radius 3 is 0.750 bits per heavy atom.